The number of H-pyrrole nitrogens is 1. The lowest BCUT2D eigenvalue weighted by Crippen LogP contribution is -2.24. The first-order valence-corrected chi connectivity index (χ1v) is 6.67. The Morgan fingerprint density at radius 3 is 2.95 bits per heavy atom. The van der Waals surface area contributed by atoms with Crippen molar-refractivity contribution < 1.29 is 0 Å². The Morgan fingerprint density at radius 2 is 2.20 bits per heavy atom. The topological polar surface area (TPSA) is 70.6 Å². The molecule has 0 fully saturated rings. The van der Waals surface area contributed by atoms with Crippen molar-refractivity contribution in [3.05, 3.63) is 41.6 Å². The summed E-state index contributed by atoms with van der Waals surface area (Å²) >= 11 is 5.97. The van der Waals surface area contributed by atoms with E-state index in [0.29, 0.717) is 12.2 Å². The van der Waals surface area contributed by atoms with Crippen LogP contribution >= 0.6 is 11.6 Å². The van der Waals surface area contributed by atoms with Crippen LogP contribution in [0.3, 0.4) is 0 Å². The molecule has 0 aliphatic heterocycles. The maximum Gasteiger partial charge on any atom is 0.226 e. The SMILES string of the molecule is CCN(Cc1ccccn1)c1nc(Cl)nc2[nH]ncc12. The Labute approximate surface area is 120 Å². The lowest BCUT2D eigenvalue weighted by molar-refractivity contribution is 0.796. The van der Waals surface area contributed by atoms with E-state index in [1.54, 1.807) is 12.4 Å². The zero-order valence-corrected chi connectivity index (χ0v) is 11.7. The summed E-state index contributed by atoms with van der Waals surface area (Å²) in [4.78, 5) is 14.9. The third-order valence-electron chi connectivity index (χ3n) is 3.02. The number of pyridine rings is 1. The summed E-state index contributed by atoms with van der Waals surface area (Å²) in [5.74, 6) is 0.766. The summed E-state index contributed by atoms with van der Waals surface area (Å²) in [5, 5.41) is 7.87. The predicted molar refractivity (Wildman–Crippen MR) is 77.7 cm³/mol. The molecule has 0 spiro atoms. The second kappa shape index (κ2) is 5.42. The van der Waals surface area contributed by atoms with E-state index in [2.05, 4.69) is 37.0 Å². The standard InChI is InChI=1S/C13H13ClN6/c1-2-20(8-9-5-3-4-6-15-9)12-10-7-16-19-11(10)17-13(14)18-12/h3-7H,2,8H2,1H3,(H,16,17,18,19). The van der Waals surface area contributed by atoms with E-state index in [4.69, 9.17) is 11.6 Å². The van der Waals surface area contributed by atoms with Crippen LogP contribution in [0, 0.1) is 0 Å². The summed E-state index contributed by atoms with van der Waals surface area (Å²) in [7, 11) is 0. The van der Waals surface area contributed by atoms with Gasteiger partial charge in [0.05, 0.1) is 23.8 Å². The van der Waals surface area contributed by atoms with Gasteiger partial charge in [0, 0.05) is 12.7 Å². The molecule has 1 N–H and O–H groups in total. The largest absolute Gasteiger partial charge is 0.350 e. The van der Waals surface area contributed by atoms with E-state index in [-0.39, 0.29) is 5.28 Å². The molecule has 7 heteroatoms. The molecule has 6 nitrogen and oxygen atoms in total. The molecule has 0 saturated heterocycles. The lowest BCUT2D eigenvalue weighted by atomic mass is 10.3. The third kappa shape index (κ3) is 2.42. The average Bonchev–Trinajstić information content (AvgIpc) is 2.93. The number of hydrogen-bond donors (Lipinski definition) is 1. The second-order valence-corrected chi connectivity index (χ2v) is 4.62. The molecule has 3 aromatic rings. The quantitative estimate of drug-likeness (QED) is 0.747. The van der Waals surface area contributed by atoms with Gasteiger partial charge in [-0.1, -0.05) is 6.07 Å². The Morgan fingerprint density at radius 1 is 1.30 bits per heavy atom. The number of nitrogens with zero attached hydrogens (tertiary/aromatic N) is 5. The molecule has 0 bridgehead atoms. The smallest absolute Gasteiger partial charge is 0.226 e. The van der Waals surface area contributed by atoms with Gasteiger partial charge in [-0.25, -0.2) is 0 Å². The van der Waals surface area contributed by atoms with Crippen LogP contribution in [0.5, 0.6) is 0 Å². The van der Waals surface area contributed by atoms with Gasteiger partial charge in [-0.15, -0.1) is 0 Å². The van der Waals surface area contributed by atoms with E-state index < -0.39 is 0 Å². The number of nitrogens with one attached hydrogen (secondary N) is 1. The fourth-order valence-corrected chi connectivity index (χ4v) is 2.22. The van der Waals surface area contributed by atoms with Gasteiger partial charge in [-0.2, -0.15) is 15.1 Å². The average molecular weight is 289 g/mol. The lowest BCUT2D eigenvalue weighted by Gasteiger charge is -2.22. The van der Waals surface area contributed by atoms with Gasteiger partial charge in [-0.05, 0) is 30.7 Å². The molecule has 0 aromatic carbocycles. The highest BCUT2D eigenvalue weighted by molar-refractivity contribution is 6.28. The van der Waals surface area contributed by atoms with Crippen LogP contribution < -0.4 is 4.90 Å². The van der Waals surface area contributed by atoms with E-state index in [0.717, 1.165) is 23.4 Å². The van der Waals surface area contributed by atoms with Gasteiger partial charge in [0.2, 0.25) is 5.28 Å². The van der Waals surface area contributed by atoms with Gasteiger partial charge in [0.25, 0.3) is 0 Å². The van der Waals surface area contributed by atoms with Crippen LogP contribution in [-0.2, 0) is 6.54 Å². The van der Waals surface area contributed by atoms with Crippen LogP contribution in [0.4, 0.5) is 5.82 Å². The summed E-state index contributed by atoms with van der Waals surface area (Å²) in [5.41, 5.74) is 1.61. The molecule has 0 radical (unpaired) electrons. The molecule has 0 saturated carbocycles. The summed E-state index contributed by atoms with van der Waals surface area (Å²) < 4.78 is 0. The van der Waals surface area contributed by atoms with Gasteiger partial charge in [0.1, 0.15) is 5.82 Å². The predicted octanol–water partition coefficient (Wildman–Crippen LogP) is 2.43. The molecular formula is C13H13ClN6. The highest BCUT2D eigenvalue weighted by Crippen LogP contribution is 2.24. The fourth-order valence-electron chi connectivity index (χ4n) is 2.06. The molecule has 0 aliphatic rings. The van der Waals surface area contributed by atoms with Crippen LogP contribution in [0.1, 0.15) is 12.6 Å². The number of aromatic nitrogens is 5. The number of aromatic amines is 1. The van der Waals surface area contributed by atoms with Gasteiger partial charge >= 0.3 is 0 Å². The van der Waals surface area contributed by atoms with E-state index in [1.165, 1.54) is 0 Å². The molecule has 0 atom stereocenters. The van der Waals surface area contributed by atoms with Crippen molar-refractivity contribution in [2.45, 2.75) is 13.5 Å². The summed E-state index contributed by atoms with van der Waals surface area (Å²) in [6.07, 6.45) is 3.49. The molecule has 0 aliphatic carbocycles. The molecule has 3 aromatic heterocycles. The number of fused-ring (bicyclic) bond motifs is 1. The van der Waals surface area contributed by atoms with Crippen LogP contribution in [0.2, 0.25) is 5.28 Å². The minimum Gasteiger partial charge on any atom is -0.350 e. The number of halogens is 1. The van der Waals surface area contributed by atoms with Crippen LogP contribution in [0.25, 0.3) is 11.0 Å². The Hall–Kier alpha value is -2.21. The molecule has 3 heterocycles. The first-order valence-electron chi connectivity index (χ1n) is 6.29. The maximum absolute atomic E-state index is 5.97. The first kappa shape index (κ1) is 12.8. The minimum atomic E-state index is 0.205. The maximum atomic E-state index is 5.97. The van der Waals surface area contributed by atoms with Gasteiger partial charge in [-0.3, -0.25) is 10.1 Å². The molecule has 102 valence electrons. The van der Waals surface area contributed by atoms with Crippen LogP contribution in [-0.4, -0.2) is 31.7 Å². The molecule has 20 heavy (non-hydrogen) atoms. The zero-order valence-electron chi connectivity index (χ0n) is 10.9. The first-order chi connectivity index (χ1) is 9.78. The molecular weight excluding hydrogens is 276 g/mol. The van der Waals surface area contributed by atoms with E-state index in [9.17, 15) is 0 Å². The minimum absolute atomic E-state index is 0.205. The molecule has 0 unspecified atom stereocenters. The highest BCUT2D eigenvalue weighted by atomic mass is 35.5. The number of anilines is 1. The Bertz CT molecular complexity index is 711. The van der Waals surface area contributed by atoms with Crippen molar-refractivity contribution in [2.24, 2.45) is 0 Å². The van der Waals surface area contributed by atoms with Crippen molar-refractivity contribution in [1.82, 2.24) is 25.1 Å². The van der Waals surface area contributed by atoms with Crippen molar-refractivity contribution in [3.8, 4) is 0 Å². The van der Waals surface area contributed by atoms with Crippen LogP contribution in [0.15, 0.2) is 30.6 Å². The monoisotopic (exact) mass is 288 g/mol. The summed E-state index contributed by atoms with van der Waals surface area (Å²) in [6, 6.07) is 5.85. The summed E-state index contributed by atoms with van der Waals surface area (Å²) in [6.45, 7) is 3.50. The Kier molecular flexibility index (Phi) is 3.47. The highest BCUT2D eigenvalue weighted by Gasteiger charge is 2.15. The molecule has 0 amide bonds. The number of rotatable bonds is 4. The van der Waals surface area contributed by atoms with Crippen molar-refractivity contribution in [2.75, 3.05) is 11.4 Å². The van der Waals surface area contributed by atoms with Crippen molar-refractivity contribution in [3.63, 3.8) is 0 Å². The third-order valence-corrected chi connectivity index (χ3v) is 3.19. The van der Waals surface area contributed by atoms with E-state index >= 15 is 0 Å². The fraction of sp³-hybridized carbons (Fsp3) is 0.231. The zero-order chi connectivity index (χ0) is 13.9. The van der Waals surface area contributed by atoms with Crippen molar-refractivity contribution in [1.29, 1.82) is 0 Å². The number of hydrogen-bond acceptors (Lipinski definition) is 5. The normalized spacial score (nSPS) is 10.9. The molecule has 3 rings (SSSR count). The second-order valence-electron chi connectivity index (χ2n) is 4.28. The van der Waals surface area contributed by atoms with Gasteiger partial charge < -0.3 is 4.90 Å². The van der Waals surface area contributed by atoms with Crippen molar-refractivity contribution >= 4 is 28.5 Å². The Balaban J connectivity index is 2.01. The van der Waals surface area contributed by atoms with Gasteiger partial charge in [0.15, 0.2) is 5.65 Å². The van der Waals surface area contributed by atoms with E-state index in [1.807, 2.05) is 18.2 Å².